The van der Waals surface area contributed by atoms with Crippen LogP contribution in [0.5, 0.6) is 0 Å². The fraction of sp³-hybridized carbons (Fsp3) is 0.435. The zero-order chi connectivity index (χ0) is 21.0. The van der Waals surface area contributed by atoms with E-state index in [0.717, 1.165) is 29.9 Å². The summed E-state index contributed by atoms with van der Waals surface area (Å²) in [7, 11) is 0. The van der Waals surface area contributed by atoms with Crippen molar-refractivity contribution in [2.75, 3.05) is 11.4 Å². The van der Waals surface area contributed by atoms with Crippen LogP contribution in [0.4, 0.5) is 14.9 Å². The van der Waals surface area contributed by atoms with Crippen LogP contribution in [-0.2, 0) is 4.74 Å². The molecule has 3 aliphatic rings. The average Bonchev–Trinajstić information content (AvgIpc) is 3.66. The molecule has 1 aliphatic heterocycles. The lowest BCUT2D eigenvalue weighted by molar-refractivity contribution is 0.0939. The number of nitrogens with one attached hydrogen (secondary N) is 1. The molecular formula is C23H26FN3O3. The lowest BCUT2D eigenvalue weighted by Crippen LogP contribution is -2.37. The number of fused-ring (bicyclic) bond motifs is 3. The van der Waals surface area contributed by atoms with Gasteiger partial charge < -0.3 is 10.1 Å². The van der Waals surface area contributed by atoms with Gasteiger partial charge in [-0.15, -0.1) is 0 Å². The molecule has 2 fully saturated rings. The number of carbonyl (C=O) groups excluding carboxylic acids is 2. The summed E-state index contributed by atoms with van der Waals surface area (Å²) in [4.78, 5) is 31.7. The van der Waals surface area contributed by atoms with E-state index >= 15 is 0 Å². The van der Waals surface area contributed by atoms with E-state index in [1.54, 1.807) is 4.90 Å². The Kier molecular flexibility index (Phi) is 4.49. The number of amides is 2. The largest absolute Gasteiger partial charge is 0.446 e. The first-order chi connectivity index (χ1) is 14.4. The standard InChI is InChI=1S/C23H24FN3O3.H2/c1-12-17-11-27(23(29)30-16-7-8-16)19-10-9-18(26-21(19)20(12)17)13(2)25-22(28)14-3-5-15(24)6-4-14;/h3-6,9-10,12-13,16-17,20H,7-8,11H2,1-2H3,(H,25,28);1H/t12?,13-,17?,20?;/m1./s1. The van der Waals surface area contributed by atoms with Crippen LogP contribution in [0.25, 0.3) is 0 Å². The number of pyridine rings is 1. The predicted molar refractivity (Wildman–Crippen MR) is 111 cm³/mol. The smallest absolute Gasteiger partial charge is 0.414 e. The fourth-order valence-corrected chi connectivity index (χ4v) is 4.30. The number of rotatable bonds is 4. The van der Waals surface area contributed by atoms with Gasteiger partial charge in [0.2, 0.25) is 0 Å². The number of hydrogen-bond acceptors (Lipinski definition) is 4. The molecule has 1 N–H and O–H groups in total. The van der Waals surface area contributed by atoms with Crippen LogP contribution in [0, 0.1) is 17.7 Å². The predicted octanol–water partition coefficient (Wildman–Crippen LogP) is 4.43. The van der Waals surface area contributed by atoms with Gasteiger partial charge in [-0.1, -0.05) is 6.92 Å². The van der Waals surface area contributed by atoms with Gasteiger partial charge in [0.1, 0.15) is 11.9 Å². The minimum atomic E-state index is -0.381. The Labute approximate surface area is 175 Å². The maximum atomic E-state index is 13.1. The molecule has 0 spiro atoms. The molecule has 7 heteroatoms. The van der Waals surface area contributed by atoms with Gasteiger partial charge in [-0.25, -0.2) is 9.18 Å². The zero-order valence-electron chi connectivity index (χ0n) is 17.0. The summed E-state index contributed by atoms with van der Waals surface area (Å²) in [6, 6.07) is 8.87. The Balaban J connectivity index is 0.00000231. The van der Waals surface area contributed by atoms with Crippen LogP contribution >= 0.6 is 0 Å². The highest BCUT2D eigenvalue weighted by atomic mass is 19.1. The van der Waals surface area contributed by atoms with Crippen molar-refractivity contribution in [2.24, 2.45) is 11.8 Å². The first kappa shape index (κ1) is 19.0. The van der Waals surface area contributed by atoms with Crippen molar-refractivity contribution in [3.63, 3.8) is 0 Å². The monoisotopic (exact) mass is 411 g/mol. The van der Waals surface area contributed by atoms with E-state index in [0.29, 0.717) is 29.9 Å². The molecule has 2 aliphatic carbocycles. The number of ether oxygens (including phenoxy) is 1. The van der Waals surface area contributed by atoms with E-state index < -0.39 is 0 Å². The van der Waals surface area contributed by atoms with E-state index in [-0.39, 0.29) is 31.4 Å². The number of aromatic nitrogens is 1. The van der Waals surface area contributed by atoms with Crippen molar-refractivity contribution in [1.82, 2.24) is 10.3 Å². The summed E-state index contributed by atoms with van der Waals surface area (Å²) < 4.78 is 18.6. The highest BCUT2D eigenvalue weighted by Gasteiger charge is 2.55. The van der Waals surface area contributed by atoms with Crippen LogP contribution in [0.15, 0.2) is 36.4 Å². The summed E-state index contributed by atoms with van der Waals surface area (Å²) in [5, 5.41) is 2.92. The molecule has 3 unspecified atom stereocenters. The summed E-state index contributed by atoms with van der Waals surface area (Å²) in [5.74, 6) is 0.540. The molecule has 30 heavy (non-hydrogen) atoms. The molecule has 2 heterocycles. The Hall–Kier alpha value is -2.96. The Morgan fingerprint density at radius 1 is 1.23 bits per heavy atom. The minimum Gasteiger partial charge on any atom is -0.446 e. The summed E-state index contributed by atoms with van der Waals surface area (Å²) in [6.45, 7) is 4.72. The lowest BCUT2D eigenvalue weighted by Gasteiger charge is -2.28. The molecule has 1 aromatic heterocycles. The van der Waals surface area contributed by atoms with Crippen LogP contribution in [0.2, 0.25) is 0 Å². The number of hydrogen-bond donors (Lipinski definition) is 1. The molecule has 0 saturated heterocycles. The maximum absolute atomic E-state index is 13.1. The van der Waals surface area contributed by atoms with E-state index in [4.69, 9.17) is 9.72 Å². The molecule has 2 aromatic rings. The number of carbonyl (C=O) groups is 2. The summed E-state index contributed by atoms with van der Waals surface area (Å²) >= 11 is 0. The van der Waals surface area contributed by atoms with Crippen LogP contribution in [0.3, 0.4) is 0 Å². The second kappa shape index (κ2) is 7.07. The second-order valence-corrected chi connectivity index (χ2v) is 8.59. The first-order valence-corrected chi connectivity index (χ1v) is 10.5. The second-order valence-electron chi connectivity index (χ2n) is 8.59. The molecule has 1 aromatic carbocycles. The zero-order valence-corrected chi connectivity index (χ0v) is 17.0. The molecular weight excluding hydrogens is 385 g/mol. The minimum absolute atomic E-state index is 0. The van der Waals surface area contributed by atoms with Gasteiger partial charge in [0.25, 0.3) is 5.91 Å². The summed E-state index contributed by atoms with van der Waals surface area (Å²) in [6.07, 6.45) is 1.65. The van der Waals surface area contributed by atoms with Gasteiger partial charge in [-0.05, 0) is 68.0 Å². The van der Waals surface area contributed by atoms with Gasteiger partial charge in [0.05, 0.1) is 23.1 Å². The van der Waals surface area contributed by atoms with Crippen molar-refractivity contribution in [3.8, 4) is 0 Å². The van der Waals surface area contributed by atoms with Crippen LogP contribution in [-0.4, -0.2) is 29.6 Å². The highest BCUT2D eigenvalue weighted by Crippen LogP contribution is 2.58. The van der Waals surface area contributed by atoms with E-state index in [1.807, 2.05) is 19.1 Å². The SMILES string of the molecule is CC1C2CN(C(=O)OC3CC3)c3ccc([C@@H](C)NC(=O)c4ccc(F)cc4)nc3C12.[HH]. The lowest BCUT2D eigenvalue weighted by atomic mass is 10.1. The maximum Gasteiger partial charge on any atom is 0.414 e. The van der Waals surface area contributed by atoms with Crippen molar-refractivity contribution in [3.05, 3.63) is 59.2 Å². The quantitative estimate of drug-likeness (QED) is 0.808. The van der Waals surface area contributed by atoms with E-state index in [9.17, 15) is 14.0 Å². The molecule has 0 radical (unpaired) electrons. The number of nitrogens with zero attached hydrogens (tertiary/aromatic N) is 2. The number of benzene rings is 1. The molecule has 2 saturated carbocycles. The molecule has 5 rings (SSSR count). The van der Waals surface area contributed by atoms with Crippen LogP contribution < -0.4 is 10.2 Å². The molecule has 158 valence electrons. The summed E-state index contributed by atoms with van der Waals surface area (Å²) in [5.41, 5.74) is 2.85. The van der Waals surface area contributed by atoms with Gasteiger partial charge in [-0.3, -0.25) is 14.7 Å². The van der Waals surface area contributed by atoms with Crippen molar-refractivity contribution >= 4 is 17.7 Å². The Morgan fingerprint density at radius 3 is 2.67 bits per heavy atom. The number of anilines is 1. The van der Waals surface area contributed by atoms with Gasteiger partial charge in [0, 0.05) is 19.5 Å². The Morgan fingerprint density at radius 2 is 1.97 bits per heavy atom. The van der Waals surface area contributed by atoms with Crippen LogP contribution in [0.1, 0.15) is 61.8 Å². The Bertz CT molecular complexity index is 1010. The fourth-order valence-electron chi connectivity index (χ4n) is 4.30. The average molecular weight is 411 g/mol. The molecule has 6 nitrogen and oxygen atoms in total. The molecule has 2 amide bonds. The van der Waals surface area contributed by atoms with E-state index in [2.05, 4.69) is 12.2 Å². The first-order valence-electron chi connectivity index (χ1n) is 10.5. The van der Waals surface area contributed by atoms with Crippen molar-refractivity contribution < 1.29 is 20.1 Å². The third-order valence-electron chi connectivity index (χ3n) is 6.40. The number of halogens is 1. The topological polar surface area (TPSA) is 71.5 Å². The van der Waals surface area contributed by atoms with Gasteiger partial charge >= 0.3 is 6.09 Å². The van der Waals surface area contributed by atoms with E-state index in [1.165, 1.54) is 24.3 Å². The molecule has 0 bridgehead atoms. The van der Waals surface area contributed by atoms with Gasteiger partial charge in [0.15, 0.2) is 0 Å². The highest BCUT2D eigenvalue weighted by molar-refractivity contribution is 5.94. The molecule has 4 atom stereocenters. The van der Waals surface area contributed by atoms with Crippen molar-refractivity contribution in [1.29, 1.82) is 0 Å². The third kappa shape index (κ3) is 3.42. The third-order valence-corrected chi connectivity index (χ3v) is 6.40. The normalized spacial score (nSPS) is 25.0. The van der Waals surface area contributed by atoms with Gasteiger partial charge in [-0.2, -0.15) is 0 Å². The van der Waals surface area contributed by atoms with Crippen molar-refractivity contribution in [2.45, 2.75) is 44.8 Å².